The number of benzene rings is 2. The predicted octanol–water partition coefficient (Wildman–Crippen LogP) is 4.17. The molecule has 10 nitrogen and oxygen atoms in total. The van der Waals surface area contributed by atoms with Gasteiger partial charge in [-0.15, -0.1) is 0 Å². The second kappa shape index (κ2) is 10.3. The molecule has 34 heavy (non-hydrogen) atoms. The average Bonchev–Trinajstić information content (AvgIpc) is 2.71. The lowest BCUT2D eigenvalue weighted by molar-refractivity contribution is -0.384. The number of phenolic OH excluding ortho intramolecular Hbond substituents is 1. The van der Waals surface area contributed by atoms with Gasteiger partial charge in [0.15, 0.2) is 0 Å². The summed E-state index contributed by atoms with van der Waals surface area (Å²) in [6, 6.07) is 8.40. The third-order valence-electron chi connectivity index (χ3n) is 4.88. The third-order valence-corrected chi connectivity index (χ3v) is 4.88. The number of nitro groups is 1. The number of hydrogen-bond acceptors (Lipinski definition) is 6. The lowest BCUT2D eigenvalue weighted by Gasteiger charge is -2.27. The molecule has 2 rings (SSSR count). The Morgan fingerprint density at radius 2 is 1.65 bits per heavy atom. The lowest BCUT2D eigenvalue weighted by Crippen LogP contribution is -2.37. The van der Waals surface area contributed by atoms with Gasteiger partial charge in [0.1, 0.15) is 12.3 Å². The Morgan fingerprint density at radius 3 is 2.18 bits per heavy atom. The number of amides is 3. The van der Waals surface area contributed by atoms with E-state index in [1.54, 1.807) is 0 Å². The fraction of sp³-hybridized carbons (Fsp3) is 0.375. The highest BCUT2D eigenvalue weighted by atomic mass is 16.6. The van der Waals surface area contributed by atoms with E-state index < -0.39 is 16.9 Å². The summed E-state index contributed by atoms with van der Waals surface area (Å²) in [6.07, 6.45) is 1.48. The van der Waals surface area contributed by atoms with Crippen molar-refractivity contribution >= 4 is 29.5 Å². The van der Waals surface area contributed by atoms with Crippen LogP contribution in [0.5, 0.6) is 5.75 Å². The maximum Gasteiger partial charge on any atom is 0.319 e. The molecule has 10 heteroatoms. The van der Waals surface area contributed by atoms with Crippen LogP contribution < -0.4 is 16.1 Å². The van der Waals surface area contributed by atoms with Gasteiger partial charge in [-0.3, -0.25) is 14.9 Å². The highest BCUT2D eigenvalue weighted by Crippen LogP contribution is 2.39. The first-order valence-corrected chi connectivity index (χ1v) is 10.7. The van der Waals surface area contributed by atoms with Crippen molar-refractivity contribution in [3.8, 4) is 5.75 Å². The molecule has 0 aliphatic heterocycles. The zero-order valence-electron chi connectivity index (χ0n) is 20.2. The summed E-state index contributed by atoms with van der Waals surface area (Å²) in [5, 5.41) is 30.3. The van der Waals surface area contributed by atoms with E-state index >= 15 is 0 Å². The van der Waals surface area contributed by atoms with Crippen LogP contribution in [-0.4, -0.2) is 34.7 Å². The van der Waals surface area contributed by atoms with Gasteiger partial charge in [0.25, 0.3) is 11.6 Å². The summed E-state index contributed by atoms with van der Waals surface area (Å²) in [7, 11) is 0. The molecule has 0 radical (unpaired) electrons. The molecule has 0 saturated carbocycles. The van der Waals surface area contributed by atoms with Crippen molar-refractivity contribution in [3.63, 3.8) is 0 Å². The lowest BCUT2D eigenvalue weighted by atomic mass is 9.78. The monoisotopic (exact) mass is 469 g/mol. The molecular formula is C24H31N5O5. The Labute approximate surface area is 198 Å². The molecule has 4 N–H and O–H groups in total. The minimum Gasteiger partial charge on any atom is -0.507 e. The van der Waals surface area contributed by atoms with Gasteiger partial charge in [-0.1, -0.05) is 47.6 Å². The molecule has 3 amide bonds. The van der Waals surface area contributed by atoms with Gasteiger partial charge in [-0.05, 0) is 34.6 Å². The Balaban J connectivity index is 2.00. The molecular weight excluding hydrogens is 438 g/mol. The van der Waals surface area contributed by atoms with Crippen molar-refractivity contribution in [1.29, 1.82) is 0 Å². The van der Waals surface area contributed by atoms with E-state index in [9.17, 15) is 24.8 Å². The zero-order chi connectivity index (χ0) is 25.7. The normalized spacial score (nSPS) is 11.8. The molecule has 2 aromatic rings. The highest BCUT2D eigenvalue weighted by molar-refractivity contribution is 5.92. The SMILES string of the molecule is CC(C)(C)c1cc(C=NNC(=O)CNC(=O)Nc2cccc([N+](=O)[O-])c2)cc(C(C)(C)C)c1O. The molecule has 0 bridgehead atoms. The number of carbonyl (C=O) groups excluding carboxylic acids is 2. The number of phenols is 1. The first kappa shape index (κ1) is 26.3. The number of non-ortho nitro benzene ring substituents is 1. The van der Waals surface area contributed by atoms with Crippen LogP contribution in [0.15, 0.2) is 41.5 Å². The van der Waals surface area contributed by atoms with Gasteiger partial charge >= 0.3 is 6.03 Å². The summed E-state index contributed by atoms with van der Waals surface area (Å²) in [4.78, 5) is 34.2. The van der Waals surface area contributed by atoms with Crippen molar-refractivity contribution in [3.05, 3.63) is 63.2 Å². The molecule has 0 aliphatic carbocycles. The molecule has 0 unspecified atom stereocenters. The van der Waals surface area contributed by atoms with Crippen LogP contribution in [0, 0.1) is 10.1 Å². The smallest absolute Gasteiger partial charge is 0.319 e. The van der Waals surface area contributed by atoms with E-state index in [1.807, 2.05) is 53.7 Å². The van der Waals surface area contributed by atoms with Crippen molar-refractivity contribution in [2.75, 3.05) is 11.9 Å². The third kappa shape index (κ3) is 7.29. The molecule has 0 atom stereocenters. The van der Waals surface area contributed by atoms with Crippen LogP contribution in [0.25, 0.3) is 0 Å². The summed E-state index contributed by atoms with van der Waals surface area (Å²) < 4.78 is 0. The zero-order valence-corrected chi connectivity index (χ0v) is 20.2. The quantitative estimate of drug-likeness (QED) is 0.285. The average molecular weight is 470 g/mol. The first-order valence-electron chi connectivity index (χ1n) is 10.7. The number of urea groups is 1. The van der Waals surface area contributed by atoms with E-state index in [-0.39, 0.29) is 34.5 Å². The van der Waals surface area contributed by atoms with Gasteiger partial charge in [0.2, 0.25) is 0 Å². The topological polar surface area (TPSA) is 146 Å². The van der Waals surface area contributed by atoms with Gasteiger partial charge in [-0.25, -0.2) is 10.2 Å². The van der Waals surface area contributed by atoms with Crippen molar-refractivity contribution in [1.82, 2.24) is 10.7 Å². The van der Waals surface area contributed by atoms with Crippen molar-refractivity contribution in [2.24, 2.45) is 5.10 Å². The first-order chi connectivity index (χ1) is 15.7. The standard InChI is InChI=1S/C24H31N5O5/c1-23(2,3)18-10-15(11-19(21(18)31)24(4,5)6)13-26-28-20(30)14-25-22(32)27-16-8-7-9-17(12-16)29(33)34/h7-13,31H,14H2,1-6H3,(H,28,30)(H2,25,27,32). The number of hydrogen-bond donors (Lipinski definition) is 4. The summed E-state index contributed by atoms with van der Waals surface area (Å²) in [5.74, 6) is -0.309. The van der Waals surface area contributed by atoms with Gasteiger partial charge in [0.05, 0.1) is 11.1 Å². The number of rotatable bonds is 6. The minimum absolute atomic E-state index is 0.164. The van der Waals surface area contributed by atoms with E-state index in [4.69, 9.17) is 0 Å². The van der Waals surface area contributed by atoms with E-state index in [2.05, 4.69) is 21.2 Å². The minimum atomic E-state index is -0.692. The Hall–Kier alpha value is -3.95. The summed E-state index contributed by atoms with van der Waals surface area (Å²) in [6.45, 7) is 11.7. The maximum absolute atomic E-state index is 12.0. The van der Waals surface area contributed by atoms with Crippen LogP contribution >= 0.6 is 0 Å². The van der Waals surface area contributed by atoms with Crippen LogP contribution in [0.4, 0.5) is 16.2 Å². The predicted molar refractivity (Wildman–Crippen MR) is 131 cm³/mol. The summed E-state index contributed by atoms with van der Waals surface area (Å²) >= 11 is 0. The summed E-state index contributed by atoms with van der Waals surface area (Å²) in [5.41, 5.74) is 4.06. The van der Waals surface area contributed by atoms with Gasteiger partial charge in [-0.2, -0.15) is 5.10 Å². The Kier molecular flexibility index (Phi) is 7.99. The number of anilines is 1. The number of nitro benzene ring substituents is 1. The second-order valence-electron chi connectivity index (χ2n) is 9.87. The van der Waals surface area contributed by atoms with E-state index in [1.165, 1.54) is 30.5 Å². The fourth-order valence-corrected chi connectivity index (χ4v) is 3.13. The molecule has 182 valence electrons. The Morgan fingerprint density at radius 1 is 1.06 bits per heavy atom. The molecule has 2 aromatic carbocycles. The highest BCUT2D eigenvalue weighted by Gasteiger charge is 2.26. The molecule has 0 aromatic heterocycles. The molecule has 0 heterocycles. The molecule has 0 spiro atoms. The second-order valence-corrected chi connectivity index (χ2v) is 9.87. The van der Waals surface area contributed by atoms with Crippen molar-refractivity contribution < 1.29 is 19.6 Å². The van der Waals surface area contributed by atoms with E-state index in [0.29, 0.717) is 5.56 Å². The van der Waals surface area contributed by atoms with Crippen LogP contribution in [0.3, 0.4) is 0 Å². The number of nitrogens with one attached hydrogen (secondary N) is 3. The largest absolute Gasteiger partial charge is 0.507 e. The maximum atomic E-state index is 12.0. The number of aromatic hydroxyl groups is 1. The Bertz CT molecular complexity index is 1080. The van der Waals surface area contributed by atoms with E-state index in [0.717, 1.165) is 11.1 Å². The van der Waals surface area contributed by atoms with Crippen LogP contribution in [-0.2, 0) is 15.6 Å². The molecule has 0 saturated heterocycles. The van der Waals surface area contributed by atoms with Crippen LogP contribution in [0.1, 0.15) is 58.2 Å². The van der Waals surface area contributed by atoms with Crippen LogP contribution in [0.2, 0.25) is 0 Å². The number of nitrogens with zero attached hydrogens (tertiary/aromatic N) is 2. The number of hydrazone groups is 1. The molecule has 0 fully saturated rings. The van der Waals surface area contributed by atoms with Gasteiger partial charge < -0.3 is 15.7 Å². The van der Waals surface area contributed by atoms with Gasteiger partial charge in [0, 0.05) is 28.9 Å². The molecule has 0 aliphatic rings. The fourth-order valence-electron chi connectivity index (χ4n) is 3.13. The number of carbonyl (C=O) groups is 2. The van der Waals surface area contributed by atoms with Crippen molar-refractivity contribution in [2.45, 2.75) is 52.4 Å².